The molecule has 4 nitrogen and oxygen atoms in total. The Morgan fingerprint density at radius 3 is 2.52 bits per heavy atom. The Kier molecular flexibility index (Phi) is 4.60. The van der Waals surface area contributed by atoms with Crippen molar-refractivity contribution in [1.82, 2.24) is 10.3 Å². The fraction of sp³-hybridized carbons (Fsp3) is 0.0909. The van der Waals surface area contributed by atoms with Crippen molar-refractivity contribution in [2.75, 3.05) is 5.73 Å². The zero-order chi connectivity index (χ0) is 18.8. The van der Waals surface area contributed by atoms with E-state index in [0.29, 0.717) is 17.1 Å². The zero-order valence-electron chi connectivity index (χ0n) is 14.9. The largest absolute Gasteiger partial charge is 0.397 e. The summed E-state index contributed by atoms with van der Waals surface area (Å²) in [5, 5.41) is 3.75. The highest BCUT2D eigenvalue weighted by Crippen LogP contribution is 2.34. The number of carbonyl (C=O) groups is 1. The average Bonchev–Trinajstić information content (AvgIpc) is 3.03. The summed E-state index contributed by atoms with van der Waals surface area (Å²) in [6.07, 6.45) is 0. The number of fused-ring (bicyclic) bond motifs is 1. The number of hydrogen-bond acceptors (Lipinski definition) is 4. The molecule has 0 unspecified atom stereocenters. The third-order valence-corrected chi connectivity index (χ3v) is 5.56. The number of anilines is 1. The molecule has 0 aliphatic rings. The van der Waals surface area contributed by atoms with Gasteiger partial charge in [-0.1, -0.05) is 60.2 Å². The van der Waals surface area contributed by atoms with E-state index in [0.717, 1.165) is 27.0 Å². The summed E-state index contributed by atoms with van der Waals surface area (Å²) in [7, 11) is 0. The maximum atomic E-state index is 12.6. The van der Waals surface area contributed by atoms with E-state index in [1.807, 2.05) is 54.6 Å². The summed E-state index contributed by atoms with van der Waals surface area (Å²) < 4.78 is 0. The number of nitrogens with one attached hydrogen (secondary N) is 1. The minimum atomic E-state index is -0.170. The van der Waals surface area contributed by atoms with Crippen LogP contribution < -0.4 is 11.1 Å². The maximum absolute atomic E-state index is 12.6. The number of aryl methyl sites for hydroxylation is 1. The molecule has 1 amide bonds. The van der Waals surface area contributed by atoms with E-state index >= 15 is 0 Å². The highest BCUT2D eigenvalue weighted by Gasteiger charge is 2.17. The molecule has 134 valence electrons. The van der Waals surface area contributed by atoms with Crippen molar-refractivity contribution in [3.05, 3.63) is 82.7 Å². The summed E-state index contributed by atoms with van der Waals surface area (Å²) in [6, 6.07) is 21.9. The van der Waals surface area contributed by atoms with Crippen molar-refractivity contribution >= 4 is 33.1 Å². The van der Waals surface area contributed by atoms with Gasteiger partial charge in [0.2, 0.25) is 0 Å². The van der Waals surface area contributed by atoms with Crippen LogP contribution in [0.25, 0.3) is 21.5 Å². The van der Waals surface area contributed by atoms with Crippen LogP contribution >= 0.6 is 11.3 Å². The standard InChI is InChI=1S/C22H19N3OS/c1-14-7-9-16(10-8-14)18-12-11-17-19(23)20(27-22(17)25-18)21(26)24-13-15-5-3-2-4-6-15/h2-12H,13,23H2,1H3,(H,24,26). The van der Waals surface area contributed by atoms with Gasteiger partial charge >= 0.3 is 0 Å². The van der Waals surface area contributed by atoms with Crippen LogP contribution in [-0.4, -0.2) is 10.9 Å². The molecule has 0 fully saturated rings. The Morgan fingerprint density at radius 1 is 1.04 bits per heavy atom. The lowest BCUT2D eigenvalue weighted by atomic mass is 10.1. The highest BCUT2D eigenvalue weighted by molar-refractivity contribution is 7.21. The Bertz CT molecular complexity index is 1100. The second kappa shape index (κ2) is 7.21. The summed E-state index contributed by atoms with van der Waals surface area (Å²) in [4.78, 5) is 18.6. The average molecular weight is 373 g/mol. The van der Waals surface area contributed by atoms with Crippen molar-refractivity contribution in [3.8, 4) is 11.3 Å². The van der Waals surface area contributed by atoms with Crippen molar-refractivity contribution in [2.24, 2.45) is 0 Å². The number of thiophene rings is 1. The number of rotatable bonds is 4. The molecule has 0 aliphatic carbocycles. The normalized spacial score (nSPS) is 10.9. The minimum Gasteiger partial charge on any atom is -0.397 e. The molecule has 0 saturated carbocycles. The number of aromatic nitrogens is 1. The molecule has 5 heteroatoms. The number of nitrogen functional groups attached to an aromatic ring is 1. The molecule has 0 saturated heterocycles. The molecule has 4 rings (SSSR count). The van der Waals surface area contributed by atoms with Gasteiger partial charge in [0.25, 0.3) is 5.91 Å². The van der Waals surface area contributed by atoms with Crippen LogP contribution in [0.3, 0.4) is 0 Å². The van der Waals surface area contributed by atoms with Crippen LogP contribution in [0.2, 0.25) is 0 Å². The summed E-state index contributed by atoms with van der Waals surface area (Å²) in [5.74, 6) is -0.170. The van der Waals surface area contributed by atoms with Crippen molar-refractivity contribution in [3.63, 3.8) is 0 Å². The van der Waals surface area contributed by atoms with Gasteiger partial charge in [0, 0.05) is 17.5 Å². The second-order valence-corrected chi connectivity index (χ2v) is 7.43. The number of nitrogens with zero attached hydrogens (tertiary/aromatic N) is 1. The van der Waals surface area contributed by atoms with Gasteiger partial charge in [-0.25, -0.2) is 4.98 Å². The molecular formula is C22H19N3OS. The zero-order valence-corrected chi connectivity index (χ0v) is 15.7. The van der Waals surface area contributed by atoms with Crippen LogP contribution in [0.4, 0.5) is 5.69 Å². The van der Waals surface area contributed by atoms with Gasteiger partial charge in [-0.15, -0.1) is 11.3 Å². The van der Waals surface area contributed by atoms with Gasteiger partial charge in [-0.2, -0.15) is 0 Å². The van der Waals surface area contributed by atoms with E-state index in [4.69, 9.17) is 10.7 Å². The van der Waals surface area contributed by atoms with Gasteiger partial charge in [-0.05, 0) is 24.6 Å². The number of hydrogen-bond donors (Lipinski definition) is 2. The van der Waals surface area contributed by atoms with Crippen LogP contribution in [0.15, 0.2) is 66.7 Å². The van der Waals surface area contributed by atoms with E-state index < -0.39 is 0 Å². The lowest BCUT2D eigenvalue weighted by Gasteiger charge is -2.04. The summed E-state index contributed by atoms with van der Waals surface area (Å²) >= 11 is 1.33. The van der Waals surface area contributed by atoms with Crippen LogP contribution in [0, 0.1) is 6.92 Å². The summed E-state index contributed by atoms with van der Waals surface area (Å²) in [5.41, 5.74) is 10.9. The quantitative estimate of drug-likeness (QED) is 0.541. The van der Waals surface area contributed by atoms with Crippen LogP contribution in [0.5, 0.6) is 0 Å². The van der Waals surface area contributed by atoms with E-state index in [2.05, 4.69) is 24.4 Å². The first kappa shape index (κ1) is 17.2. The molecule has 2 aromatic carbocycles. The fourth-order valence-electron chi connectivity index (χ4n) is 2.91. The number of pyridine rings is 1. The molecule has 0 spiro atoms. The van der Waals surface area contributed by atoms with Crippen molar-refractivity contribution < 1.29 is 4.79 Å². The summed E-state index contributed by atoms with van der Waals surface area (Å²) in [6.45, 7) is 2.52. The molecule has 27 heavy (non-hydrogen) atoms. The first-order valence-electron chi connectivity index (χ1n) is 8.70. The van der Waals surface area contributed by atoms with Crippen molar-refractivity contribution in [2.45, 2.75) is 13.5 Å². The number of nitrogens with two attached hydrogens (primary N) is 1. The monoisotopic (exact) mass is 373 g/mol. The molecular weight excluding hydrogens is 354 g/mol. The second-order valence-electron chi connectivity index (χ2n) is 6.43. The molecule has 0 bridgehead atoms. The minimum absolute atomic E-state index is 0.170. The smallest absolute Gasteiger partial charge is 0.263 e. The Hall–Kier alpha value is -3.18. The number of benzene rings is 2. The van der Waals surface area contributed by atoms with Gasteiger partial charge < -0.3 is 11.1 Å². The Balaban J connectivity index is 1.61. The van der Waals surface area contributed by atoms with Gasteiger partial charge in [-0.3, -0.25) is 4.79 Å². The van der Waals surface area contributed by atoms with Crippen molar-refractivity contribution in [1.29, 1.82) is 0 Å². The third-order valence-electron chi connectivity index (χ3n) is 4.44. The molecule has 4 aromatic rings. The van der Waals surface area contributed by atoms with E-state index in [1.54, 1.807) is 0 Å². The molecule has 0 atom stereocenters. The van der Waals surface area contributed by atoms with E-state index in [-0.39, 0.29) is 5.91 Å². The SMILES string of the molecule is Cc1ccc(-c2ccc3c(N)c(C(=O)NCc4ccccc4)sc3n2)cc1. The topological polar surface area (TPSA) is 68.0 Å². The Labute approximate surface area is 161 Å². The first-order chi connectivity index (χ1) is 13.1. The lowest BCUT2D eigenvalue weighted by Crippen LogP contribution is -2.22. The fourth-order valence-corrected chi connectivity index (χ4v) is 3.92. The number of amides is 1. The van der Waals surface area contributed by atoms with E-state index in [9.17, 15) is 4.79 Å². The predicted octanol–water partition coefficient (Wildman–Crippen LogP) is 4.78. The molecule has 0 radical (unpaired) electrons. The number of carbonyl (C=O) groups excluding carboxylic acids is 1. The molecule has 3 N–H and O–H groups in total. The highest BCUT2D eigenvalue weighted by atomic mass is 32.1. The third kappa shape index (κ3) is 3.55. The predicted molar refractivity (Wildman–Crippen MR) is 112 cm³/mol. The first-order valence-corrected chi connectivity index (χ1v) is 9.51. The van der Waals surface area contributed by atoms with Crippen LogP contribution in [0.1, 0.15) is 20.8 Å². The molecule has 2 aromatic heterocycles. The maximum Gasteiger partial charge on any atom is 0.263 e. The molecule has 2 heterocycles. The van der Waals surface area contributed by atoms with Gasteiger partial charge in [0.15, 0.2) is 0 Å². The van der Waals surface area contributed by atoms with Crippen LogP contribution in [-0.2, 0) is 6.54 Å². The molecule has 0 aliphatic heterocycles. The van der Waals surface area contributed by atoms with Gasteiger partial charge in [0.1, 0.15) is 9.71 Å². The van der Waals surface area contributed by atoms with Gasteiger partial charge in [0.05, 0.1) is 11.4 Å². The Morgan fingerprint density at radius 2 is 1.78 bits per heavy atom. The van der Waals surface area contributed by atoms with E-state index in [1.165, 1.54) is 16.9 Å². The lowest BCUT2D eigenvalue weighted by molar-refractivity contribution is 0.0956.